The van der Waals surface area contributed by atoms with E-state index in [4.69, 9.17) is 37.9 Å². The molecule has 2 aliphatic rings. The second-order valence-corrected chi connectivity index (χ2v) is 20.2. The largest absolute Gasteiger partial charge is 0.467 e. The van der Waals surface area contributed by atoms with Crippen LogP contribution < -0.4 is 20.9 Å². The molecule has 0 radical (unpaired) electrons. The van der Waals surface area contributed by atoms with E-state index in [1.807, 2.05) is 140 Å². The highest BCUT2D eigenvalue weighted by atomic mass is 16.5. The summed E-state index contributed by atoms with van der Waals surface area (Å²) in [6.45, 7) is 6.04. The minimum absolute atomic E-state index is 0.0301. The molecular weight excluding hydrogens is 1020 g/mol. The average molecular weight is 1100 g/mol. The molecule has 0 amide bonds. The zero-order valence-corrected chi connectivity index (χ0v) is 46.1. The van der Waals surface area contributed by atoms with E-state index in [1.165, 1.54) is 19.8 Å². The Labute approximate surface area is 473 Å². The molecule has 8 aromatic rings. The Kier molecular flexibility index (Phi) is 22.0. The fraction of sp³-hybridized carbons (Fsp3) is 0.354. The predicted octanol–water partition coefficient (Wildman–Crippen LogP) is 10.4. The molecule has 0 aliphatic heterocycles. The minimum atomic E-state index is -0.419. The molecule has 0 spiro atoms. The van der Waals surface area contributed by atoms with Gasteiger partial charge in [0.2, 0.25) is 0 Å². The number of rotatable bonds is 25. The summed E-state index contributed by atoms with van der Waals surface area (Å²) in [5.74, 6) is 0.0606. The van der Waals surface area contributed by atoms with Crippen LogP contribution in [0.4, 0.5) is 0 Å². The van der Waals surface area contributed by atoms with Gasteiger partial charge in [-0.3, -0.25) is 9.13 Å². The first-order chi connectivity index (χ1) is 39.9. The van der Waals surface area contributed by atoms with Crippen molar-refractivity contribution in [2.75, 3.05) is 26.9 Å². The Hall–Kier alpha value is -7.70. The Morgan fingerprint density at radius 3 is 1.04 bits per heavy atom. The first kappa shape index (κ1) is 58.0. The van der Waals surface area contributed by atoms with Crippen LogP contribution in [0.2, 0.25) is 0 Å². The highest BCUT2D eigenvalue weighted by Crippen LogP contribution is 2.39. The van der Waals surface area contributed by atoms with Gasteiger partial charge in [0.15, 0.2) is 0 Å². The van der Waals surface area contributed by atoms with Crippen LogP contribution in [0.15, 0.2) is 204 Å². The molecule has 2 aliphatic carbocycles. The fourth-order valence-electron chi connectivity index (χ4n) is 10.4. The van der Waals surface area contributed by atoms with E-state index in [0.29, 0.717) is 85.1 Å². The SMILES string of the molecule is CCOc1ncn([C@@H]2C[C@H](COCc3ccccc3)C(OCc3ccccc3)C[C@@H]2OCc2ccccc2)c(=O)n1.COc1ncn([C@@H]2C[C@H](COCc3ccccc3)C(OCc3ccccc3)C[C@@H]2OCc2ccccc2)c(=O)n1. The molecule has 2 saturated carbocycles. The molecule has 422 valence electrons. The Balaban J connectivity index is 0.000000196. The van der Waals surface area contributed by atoms with Crippen LogP contribution in [0.25, 0.3) is 0 Å². The topological polar surface area (TPSA) is 169 Å². The Morgan fingerprint density at radius 2 is 0.716 bits per heavy atom. The lowest BCUT2D eigenvalue weighted by atomic mass is 9.81. The summed E-state index contributed by atoms with van der Waals surface area (Å²) in [5.41, 5.74) is 5.74. The van der Waals surface area contributed by atoms with E-state index in [-0.39, 0.29) is 60.4 Å². The summed E-state index contributed by atoms with van der Waals surface area (Å²) >= 11 is 0. The third-order valence-corrected chi connectivity index (χ3v) is 14.6. The maximum absolute atomic E-state index is 13.1. The number of hydrogen-bond acceptors (Lipinski definition) is 14. The molecule has 81 heavy (non-hydrogen) atoms. The average Bonchev–Trinajstić information content (AvgIpc) is 3.65. The van der Waals surface area contributed by atoms with E-state index in [9.17, 15) is 9.59 Å². The monoisotopic (exact) mass is 1100 g/mol. The number of benzene rings is 6. The molecule has 2 aromatic heterocycles. The molecule has 0 saturated heterocycles. The van der Waals surface area contributed by atoms with Crippen LogP contribution in [0.5, 0.6) is 12.0 Å². The first-order valence-electron chi connectivity index (χ1n) is 27.8. The smallest absolute Gasteiger partial charge is 0.353 e. The molecule has 16 nitrogen and oxygen atoms in total. The van der Waals surface area contributed by atoms with Crippen LogP contribution in [0, 0.1) is 11.8 Å². The number of methoxy groups -OCH3 is 1. The molecule has 2 heterocycles. The van der Waals surface area contributed by atoms with Crippen molar-refractivity contribution in [2.45, 2.75) is 109 Å². The maximum atomic E-state index is 13.1. The van der Waals surface area contributed by atoms with Gasteiger partial charge in [0.25, 0.3) is 0 Å². The lowest BCUT2D eigenvalue weighted by Crippen LogP contribution is -2.46. The van der Waals surface area contributed by atoms with Gasteiger partial charge in [-0.05, 0) is 53.1 Å². The summed E-state index contributed by atoms with van der Waals surface area (Å²) in [7, 11) is 1.44. The lowest BCUT2D eigenvalue weighted by Gasteiger charge is -2.41. The van der Waals surface area contributed by atoms with Crippen LogP contribution in [-0.4, -0.2) is 80.4 Å². The van der Waals surface area contributed by atoms with Crippen molar-refractivity contribution in [2.24, 2.45) is 11.8 Å². The first-order valence-corrected chi connectivity index (χ1v) is 27.8. The van der Waals surface area contributed by atoms with Gasteiger partial charge in [0.1, 0.15) is 12.7 Å². The summed E-state index contributed by atoms with van der Waals surface area (Å²) in [6, 6.07) is 60.1. The van der Waals surface area contributed by atoms with Crippen LogP contribution >= 0.6 is 0 Å². The third kappa shape index (κ3) is 17.4. The molecule has 16 heteroatoms. The highest BCUT2D eigenvalue weighted by Gasteiger charge is 2.42. The normalized spacial score (nSPS) is 20.6. The van der Waals surface area contributed by atoms with Gasteiger partial charge in [0.05, 0.1) is 103 Å². The van der Waals surface area contributed by atoms with Crippen molar-refractivity contribution < 1.29 is 37.9 Å². The maximum Gasteiger partial charge on any atom is 0.353 e. The quantitative estimate of drug-likeness (QED) is 0.0530. The lowest BCUT2D eigenvalue weighted by molar-refractivity contribution is -0.119. The zero-order chi connectivity index (χ0) is 55.9. The van der Waals surface area contributed by atoms with Gasteiger partial charge in [-0.25, -0.2) is 9.59 Å². The molecule has 6 aromatic carbocycles. The number of ether oxygens (including phenoxy) is 8. The second kappa shape index (κ2) is 30.8. The molecule has 2 fully saturated rings. The standard InChI is InChI=1S/C33H37N3O5.C32H35N3O5/c1-2-39-32-34-24-36(33(37)35-32)29-18-28(23-38-20-25-12-6-3-7-13-25)30(40-21-26-14-8-4-9-15-26)19-31(29)41-22-27-16-10-5-11-17-27;1-37-31-33-23-35(32(36)34-31)28-17-27(22-38-19-24-11-5-2-6-12-24)29(39-20-25-13-7-3-8-14-25)18-30(28)40-21-26-15-9-4-10-16-26/h3-17,24,28-31H,2,18-23H2,1H3;2-16,23,27-30H,17-22H2,1H3/t28-,29-,30?,31+;27-,28-,29?,30+/m11/s1. The number of hydrogen-bond donors (Lipinski definition) is 0. The third-order valence-electron chi connectivity index (χ3n) is 14.6. The zero-order valence-electron chi connectivity index (χ0n) is 46.1. The van der Waals surface area contributed by atoms with Crippen molar-refractivity contribution >= 4 is 0 Å². The van der Waals surface area contributed by atoms with Gasteiger partial charge < -0.3 is 37.9 Å². The minimum Gasteiger partial charge on any atom is -0.467 e. The molecule has 10 rings (SSSR count). The van der Waals surface area contributed by atoms with Crippen LogP contribution in [0.1, 0.15) is 78.1 Å². The molecule has 2 unspecified atom stereocenters. The van der Waals surface area contributed by atoms with E-state index in [2.05, 4.69) is 68.5 Å². The summed E-state index contributed by atoms with van der Waals surface area (Å²) in [5, 5.41) is 0. The molecular formula is C65H72N6O10. The van der Waals surface area contributed by atoms with Gasteiger partial charge in [-0.15, -0.1) is 9.97 Å². The van der Waals surface area contributed by atoms with Gasteiger partial charge in [-0.1, -0.05) is 182 Å². The van der Waals surface area contributed by atoms with E-state index in [1.54, 1.807) is 9.13 Å². The van der Waals surface area contributed by atoms with E-state index >= 15 is 0 Å². The molecule has 8 atom stereocenters. The summed E-state index contributed by atoms with van der Waals surface area (Å²) < 4.78 is 52.0. The number of nitrogens with zero attached hydrogens (tertiary/aromatic N) is 6. The van der Waals surface area contributed by atoms with E-state index < -0.39 is 11.4 Å². The van der Waals surface area contributed by atoms with Crippen LogP contribution in [-0.2, 0) is 68.1 Å². The molecule has 0 bridgehead atoms. The van der Waals surface area contributed by atoms with Crippen molar-refractivity contribution in [3.8, 4) is 12.0 Å². The van der Waals surface area contributed by atoms with Gasteiger partial charge in [-0.2, -0.15) is 9.97 Å². The van der Waals surface area contributed by atoms with Crippen molar-refractivity contribution in [3.63, 3.8) is 0 Å². The highest BCUT2D eigenvalue weighted by molar-refractivity contribution is 5.18. The van der Waals surface area contributed by atoms with Crippen molar-refractivity contribution in [3.05, 3.63) is 249 Å². The summed E-state index contributed by atoms with van der Waals surface area (Å²) in [6.07, 6.45) is 4.63. The van der Waals surface area contributed by atoms with Crippen LogP contribution in [0.3, 0.4) is 0 Å². The summed E-state index contributed by atoms with van der Waals surface area (Å²) in [4.78, 5) is 42.8. The Bertz CT molecular complexity index is 3180. The van der Waals surface area contributed by atoms with Crippen molar-refractivity contribution in [1.82, 2.24) is 29.1 Å². The van der Waals surface area contributed by atoms with Gasteiger partial charge >= 0.3 is 23.4 Å². The van der Waals surface area contributed by atoms with E-state index in [0.717, 1.165) is 33.4 Å². The second-order valence-electron chi connectivity index (χ2n) is 20.2. The fourth-order valence-corrected chi connectivity index (χ4v) is 10.4. The van der Waals surface area contributed by atoms with Crippen molar-refractivity contribution in [1.29, 1.82) is 0 Å². The Morgan fingerprint density at radius 1 is 0.407 bits per heavy atom. The van der Waals surface area contributed by atoms with Gasteiger partial charge in [0, 0.05) is 24.7 Å². The number of aromatic nitrogens is 6. The molecule has 0 N–H and O–H groups in total. The predicted molar refractivity (Wildman–Crippen MR) is 306 cm³/mol.